The minimum absolute atomic E-state index is 0.716. The number of aryl methyl sites for hydroxylation is 1. The summed E-state index contributed by atoms with van der Waals surface area (Å²) < 4.78 is 0. The maximum Gasteiger partial charge on any atom is 0.0239 e. The van der Waals surface area contributed by atoms with Crippen molar-refractivity contribution in [1.82, 2.24) is 10.2 Å². The molecule has 1 aromatic carbocycles. The van der Waals surface area contributed by atoms with Crippen molar-refractivity contribution in [3.05, 3.63) is 35.4 Å². The molecule has 1 aliphatic heterocycles. The summed E-state index contributed by atoms with van der Waals surface area (Å²) in [6.45, 7) is 5.69. The molecule has 0 aliphatic carbocycles. The zero-order chi connectivity index (χ0) is 12.1. The summed E-state index contributed by atoms with van der Waals surface area (Å²) >= 11 is 0. The molecule has 1 heterocycles. The molecule has 0 aromatic heterocycles. The first-order valence-electron chi connectivity index (χ1n) is 6.74. The number of benzene rings is 1. The van der Waals surface area contributed by atoms with Crippen molar-refractivity contribution >= 4 is 0 Å². The van der Waals surface area contributed by atoms with Gasteiger partial charge >= 0.3 is 0 Å². The van der Waals surface area contributed by atoms with E-state index >= 15 is 0 Å². The van der Waals surface area contributed by atoms with Crippen LogP contribution in [-0.4, -0.2) is 31.1 Å². The molecule has 0 spiro atoms. The number of likely N-dealkylation sites (N-methyl/N-ethyl adjacent to an activating group) is 1. The van der Waals surface area contributed by atoms with Crippen molar-refractivity contribution < 1.29 is 0 Å². The van der Waals surface area contributed by atoms with Gasteiger partial charge in [-0.3, -0.25) is 4.90 Å². The second kappa shape index (κ2) is 6.18. The number of piperidine rings is 1. The molecule has 1 unspecified atom stereocenters. The van der Waals surface area contributed by atoms with Gasteiger partial charge in [0.2, 0.25) is 0 Å². The molecule has 1 fully saturated rings. The molecular formula is C15H24N2. The number of nitrogens with one attached hydrogen (secondary N) is 1. The van der Waals surface area contributed by atoms with Gasteiger partial charge in [-0.05, 0) is 44.5 Å². The first-order valence-corrected chi connectivity index (χ1v) is 6.74. The number of rotatable bonds is 4. The predicted octanol–water partition coefficient (Wildman–Crippen LogP) is 2.57. The molecule has 17 heavy (non-hydrogen) atoms. The smallest absolute Gasteiger partial charge is 0.0239 e. The summed E-state index contributed by atoms with van der Waals surface area (Å²) in [7, 11) is 2.06. The largest absolute Gasteiger partial charge is 0.318 e. The van der Waals surface area contributed by atoms with E-state index in [4.69, 9.17) is 0 Å². The lowest BCUT2D eigenvalue weighted by Gasteiger charge is -2.36. The Morgan fingerprint density at radius 1 is 1.29 bits per heavy atom. The second-order valence-corrected chi connectivity index (χ2v) is 5.10. The van der Waals surface area contributed by atoms with E-state index in [9.17, 15) is 0 Å². The van der Waals surface area contributed by atoms with Crippen LogP contribution < -0.4 is 5.32 Å². The zero-order valence-corrected chi connectivity index (χ0v) is 11.1. The summed E-state index contributed by atoms with van der Waals surface area (Å²) in [4.78, 5) is 2.64. The Kier molecular flexibility index (Phi) is 4.57. The Morgan fingerprint density at radius 2 is 2.12 bits per heavy atom. The number of likely N-dealkylation sites (tertiary alicyclic amines) is 1. The van der Waals surface area contributed by atoms with Crippen molar-refractivity contribution in [3.8, 4) is 0 Å². The van der Waals surface area contributed by atoms with E-state index in [1.165, 1.54) is 36.9 Å². The Morgan fingerprint density at radius 3 is 2.88 bits per heavy atom. The maximum atomic E-state index is 3.33. The number of hydrogen-bond donors (Lipinski definition) is 1. The average molecular weight is 232 g/mol. The lowest BCUT2D eigenvalue weighted by molar-refractivity contribution is 0.139. The fraction of sp³-hybridized carbons (Fsp3) is 0.600. The van der Waals surface area contributed by atoms with E-state index < -0.39 is 0 Å². The van der Waals surface area contributed by atoms with Crippen LogP contribution in [0.1, 0.15) is 30.4 Å². The van der Waals surface area contributed by atoms with Gasteiger partial charge in [0.1, 0.15) is 0 Å². The van der Waals surface area contributed by atoms with Crippen LogP contribution >= 0.6 is 0 Å². The van der Waals surface area contributed by atoms with Gasteiger partial charge in [-0.25, -0.2) is 0 Å². The molecule has 0 saturated carbocycles. The topological polar surface area (TPSA) is 15.3 Å². The van der Waals surface area contributed by atoms with Crippen LogP contribution in [0.2, 0.25) is 0 Å². The first-order chi connectivity index (χ1) is 8.31. The Hall–Kier alpha value is -0.860. The van der Waals surface area contributed by atoms with Gasteiger partial charge < -0.3 is 5.32 Å². The quantitative estimate of drug-likeness (QED) is 0.858. The maximum absolute atomic E-state index is 3.33. The number of hydrogen-bond acceptors (Lipinski definition) is 2. The van der Waals surface area contributed by atoms with E-state index in [1.54, 1.807) is 0 Å². The van der Waals surface area contributed by atoms with Crippen molar-refractivity contribution in [2.75, 3.05) is 20.1 Å². The molecule has 2 heteroatoms. The molecule has 94 valence electrons. The average Bonchev–Trinajstić information content (AvgIpc) is 2.35. The molecule has 1 saturated heterocycles. The molecule has 1 aromatic rings. The van der Waals surface area contributed by atoms with Gasteiger partial charge in [0.15, 0.2) is 0 Å². The monoisotopic (exact) mass is 232 g/mol. The summed E-state index contributed by atoms with van der Waals surface area (Å²) in [6.07, 6.45) is 4.08. The lowest BCUT2D eigenvalue weighted by atomic mass is 10.00. The van der Waals surface area contributed by atoms with Gasteiger partial charge in [-0.15, -0.1) is 0 Å². The van der Waals surface area contributed by atoms with Crippen molar-refractivity contribution in [2.45, 2.75) is 38.8 Å². The molecule has 1 N–H and O–H groups in total. The lowest BCUT2D eigenvalue weighted by Crippen LogP contribution is -2.44. The van der Waals surface area contributed by atoms with Crippen LogP contribution in [0.4, 0.5) is 0 Å². The van der Waals surface area contributed by atoms with Gasteiger partial charge in [0, 0.05) is 19.1 Å². The summed E-state index contributed by atoms with van der Waals surface area (Å²) in [5.74, 6) is 0. The third kappa shape index (κ3) is 3.30. The highest BCUT2D eigenvalue weighted by molar-refractivity contribution is 5.25. The van der Waals surface area contributed by atoms with E-state index in [-0.39, 0.29) is 0 Å². The summed E-state index contributed by atoms with van der Waals surface area (Å²) in [5, 5.41) is 3.33. The number of nitrogens with zero attached hydrogens (tertiary/aromatic N) is 1. The summed E-state index contributed by atoms with van der Waals surface area (Å²) in [6, 6.07) is 9.47. The normalized spacial score (nSPS) is 21.6. The zero-order valence-electron chi connectivity index (χ0n) is 11.1. The van der Waals surface area contributed by atoms with Crippen molar-refractivity contribution in [3.63, 3.8) is 0 Å². The van der Waals surface area contributed by atoms with Crippen LogP contribution in [-0.2, 0) is 6.54 Å². The van der Waals surface area contributed by atoms with E-state index in [1.807, 2.05) is 0 Å². The molecule has 0 amide bonds. The van der Waals surface area contributed by atoms with Gasteiger partial charge in [-0.1, -0.05) is 30.7 Å². The molecule has 0 radical (unpaired) electrons. The Balaban J connectivity index is 2.03. The minimum Gasteiger partial charge on any atom is -0.318 e. The van der Waals surface area contributed by atoms with Crippen LogP contribution in [0.3, 0.4) is 0 Å². The first kappa shape index (κ1) is 12.6. The Bertz CT molecular complexity index is 347. The minimum atomic E-state index is 0.716. The molecule has 1 atom stereocenters. The fourth-order valence-electron chi connectivity index (χ4n) is 2.74. The standard InChI is InChI=1S/C15H24N2/c1-13-7-3-4-8-14(13)12-17-10-6-5-9-15(17)11-16-2/h3-4,7-8,15-16H,5-6,9-12H2,1-2H3. The second-order valence-electron chi connectivity index (χ2n) is 5.10. The summed E-state index contributed by atoms with van der Waals surface area (Å²) in [5.41, 5.74) is 2.90. The molecule has 2 rings (SSSR count). The van der Waals surface area contributed by atoms with Crippen molar-refractivity contribution in [2.24, 2.45) is 0 Å². The predicted molar refractivity (Wildman–Crippen MR) is 73.2 cm³/mol. The molecule has 1 aliphatic rings. The highest BCUT2D eigenvalue weighted by Gasteiger charge is 2.21. The third-order valence-electron chi connectivity index (χ3n) is 3.82. The fourth-order valence-corrected chi connectivity index (χ4v) is 2.74. The third-order valence-corrected chi connectivity index (χ3v) is 3.82. The highest BCUT2D eigenvalue weighted by atomic mass is 15.2. The van der Waals surface area contributed by atoms with Gasteiger partial charge in [0.25, 0.3) is 0 Å². The van der Waals surface area contributed by atoms with E-state index in [0.29, 0.717) is 6.04 Å². The van der Waals surface area contributed by atoms with E-state index in [0.717, 1.165) is 13.1 Å². The van der Waals surface area contributed by atoms with Crippen LogP contribution in [0.25, 0.3) is 0 Å². The molecule has 2 nitrogen and oxygen atoms in total. The van der Waals surface area contributed by atoms with Gasteiger partial charge in [0.05, 0.1) is 0 Å². The van der Waals surface area contributed by atoms with Gasteiger partial charge in [-0.2, -0.15) is 0 Å². The molecule has 0 bridgehead atoms. The van der Waals surface area contributed by atoms with Crippen LogP contribution in [0.15, 0.2) is 24.3 Å². The highest BCUT2D eigenvalue weighted by Crippen LogP contribution is 2.20. The Labute approximate surface area is 105 Å². The van der Waals surface area contributed by atoms with Crippen LogP contribution in [0, 0.1) is 6.92 Å². The van der Waals surface area contributed by atoms with E-state index in [2.05, 4.69) is 48.5 Å². The molecular weight excluding hydrogens is 208 g/mol. The van der Waals surface area contributed by atoms with Crippen LogP contribution in [0.5, 0.6) is 0 Å². The van der Waals surface area contributed by atoms with Crippen molar-refractivity contribution in [1.29, 1.82) is 0 Å². The SMILES string of the molecule is CNCC1CCCCN1Cc1ccccc1C.